The lowest BCUT2D eigenvalue weighted by Gasteiger charge is -2.27. The number of ether oxygens (including phenoxy) is 1. The van der Waals surface area contributed by atoms with Crippen molar-refractivity contribution < 1.29 is 17.7 Å². The van der Waals surface area contributed by atoms with Gasteiger partial charge < -0.3 is 4.74 Å². The van der Waals surface area contributed by atoms with Crippen LogP contribution < -0.4 is 0 Å². The molecule has 0 aromatic carbocycles. The van der Waals surface area contributed by atoms with E-state index in [4.69, 9.17) is 4.74 Å². The van der Waals surface area contributed by atoms with Crippen molar-refractivity contribution in [3.05, 3.63) is 10.7 Å². The van der Waals surface area contributed by atoms with E-state index >= 15 is 0 Å². The molecule has 0 radical (unpaired) electrons. The van der Waals surface area contributed by atoms with Gasteiger partial charge in [0.05, 0.1) is 6.10 Å². The third kappa shape index (κ3) is 3.45. The Bertz CT molecular complexity index is 391. The van der Waals surface area contributed by atoms with Crippen LogP contribution >= 0.6 is 0 Å². The molecule has 0 aromatic heterocycles. The summed E-state index contributed by atoms with van der Waals surface area (Å²) in [5.74, 6) is 0.519. The van der Waals surface area contributed by atoms with Gasteiger partial charge in [-0.25, -0.2) is 0 Å². The molecule has 0 aliphatic heterocycles. The zero-order chi connectivity index (χ0) is 12.3. The van der Waals surface area contributed by atoms with Crippen LogP contribution in [0.15, 0.2) is 10.7 Å². The Morgan fingerprint density at radius 3 is 2.29 bits per heavy atom. The maximum absolute atomic E-state index is 11.3. The summed E-state index contributed by atoms with van der Waals surface area (Å²) in [7, 11) is -4.07. The van der Waals surface area contributed by atoms with E-state index in [0.29, 0.717) is 18.6 Å². The molecule has 1 saturated carbocycles. The Kier molecular flexibility index (Phi) is 4.09. The lowest BCUT2D eigenvalue weighted by molar-refractivity contribution is 0.0728. The van der Waals surface area contributed by atoms with Gasteiger partial charge in [0.15, 0.2) is 0 Å². The van der Waals surface area contributed by atoms with Crippen LogP contribution in [0.2, 0.25) is 0 Å². The van der Waals surface area contributed by atoms with Crippen LogP contribution in [0.25, 0.3) is 0 Å². The van der Waals surface area contributed by atoms with Crippen molar-refractivity contribution in [1.29, 1.82) is 0 Å². The molecule has 98 valence electrons. The van der Waals surface area contributed by atoms with Gasteiger partial charge >= 0.3 is 0 Å². The highest BCUT2D eigenvalue weighted by atomic mass is 32.2. The first-order valence-electron chi connectivity index (χ1n) is 6.43. The van der Waals surface area contributed by atoms with E-state index in [0.717, 1.165) is 38.5 Å². The van der Waals surface area contributed by atoms with Crippen molar-refractivity contribution >= 4 is 10.1 Å². The van der Waals surface area contributed by atoms with E-state index in [1.54, 1.807) is 0 Å². The molecule has 0 atom stereocenters. The summed E-state index contributed by atoms with van der Waals surface area (Å²) >= 11 is 0. The lowest BCUT2D eigenvalue weighted by Crippen LogP contribution is -2.20. The van der Waals surface area contributed by atoms with E-state index in [1.807, 2.05) is 0 Å². The fraction of sp³-hybridized carbons (Fsp3) is 0.833. The van der Waals surface area contributed by atoms with Gasteiger partial charge in [0.1, 0.15) is 10.7 Å². The highest BCUT2D eigenvalue weighted by Gasteiger charge is 2.26. The zero-order valence-electron chi connectivity index (χ0n) is 10.0. The molecule has 0 saturated heterocycles. The summed E-state index contributed by atoms with van der Waals surface area (Å²) in [5, 5.41) is 0. The minimum absolute atomic E-state index is 0.120. The molecule has 1 fully saturated rings. The summed E-state index contributed by atoms with van der Waals surface area (Å²) in [6.45, 7) is 0. The SMILES string of the molecule is O=S(=O)(O)C1=C(OC2CCCCC2)CCCC1. The first kappa shape index (κ1) is 12.9. The largest absolute Gasteiger partial charge is 0.494 e. The molecule has 0 spiro atoms. The molecular formula is C12H20O4S. The molecule has 2 aliphatic carbocycles. The van der Waals surface area contributed by atoms with Gasteiger partial charge in [0.2, 0.25) is 0 Å². The predicted molar refractivity (Wildman–Crippen MR) is 65.0 cm³/mol. The van der Waals surface area contributed by atoms with Crippen molar-refractivity contribution in [1.82, 2.24) is 0 Å². The molecule has 4 nitrogen and oxygen atoms in total. The maximum Gasteiger partial charge on any atom is 0.293 e. The minimum atomic E-state index is -4.07. The summed E-state index contributed by atoms with van der Waals surface area (Å²) in [6, 6.07) is 0. The highest BCUT2D eigenvalue weighted by Crippen LogP contribution is 2.32. The van der Waals surface area contributed by atoms with Crippen LogP contribution in [0, 0.1) is 0 Å². The van der Waals surface area contributed by atoms with Crippen LogP contribution in [0.1, 0.15) is 57.8 Å². The summed E-state index contributed by atoms with van der Waals surface area (Å²) < 4.78 is 37.5. The molecule has 0 unspecified atom stereocenters. The zero-order valence-corrected chi connectivity index (χ0v) is 10.8. The van der Waals surface area contributed by atoms with Gasteiger partial charge in [-0.1, -0.05) is 6.42 Å². The molecule has 0 heterocycles. The predicted octanol–water partition coefficient (Wildman–Crippen LogP) is 3.01. The monoisotopic (exact) mass is 260 g/mol. The maximum atomic E-state index is 11.3. The molecule has 1 N–H and O–H groups in total. The van der Waals surface area contributed by atoms with E-state index in [1.165, 1.54) is 6.42 Å². The minimum Gasteiger partial charge on any atom is -0.494 e. The van der Waals surface area contributed by atoms with E-state index < -0.39 is 10.1 Å². The number of rotatable bonds is 3. The van der Waals surface area contributed by atoms with Gasteiger partial charge in [0.25, 0.3) is 10.1 Å². The Morgan fingerprint density at radius 2 is 1.65 bits per heavy atom. The van der Waals surface area contributed by atoms with Gasteiger partial charge in [-0.2, -0.15) is 8.42 Å². The number of hydrogen-bond acceptors (Lipinski definition) is 3. The summed E-state index contributed by atoms with van der Waals surface area (Å²) in [5.41, 5.74) is 0. The van der Waals surface area contributed by atoms with Crippen molar-refractivity contribution in [2.75, 3.05) is 0 Å². The standard InChI is InChI=1S/C12H20O4S/c13-17(14,15)12-9-5-4-8-11(12)16-10-6-2-1-3-7-10/h10H,1-9H2,(H,13,14,15). The van der Waals surface area contributed by atoms with Gasteiger partial charge in [0, 0.05) is 6.42 Å². The fourth-order valence-corrected chi connectivity index (χ4v) is 3.47. The number of hydrogen-bond donors (Lipinski definition) is 1. The quantitative estimate of drug-likeness (QED) is 0.792. The Balaban J connectivity index is 2.12. The third-order valence-corrected chi connectivity index (χ3v) is 4.60. The van der Waals surface area contributed by atoms with E-state index in [9.17, 15) is 13.0 Å². The average molecular weight is 260 g/mol. The normalized spacial score (nSPS) is 23.8. The van der Waals surface area contributed by atoms with Crippen LogP contribution in [0.5, 0.6) is 0 Å². The molecule has 2 rings (SSSR count). The summed E-state index contributed by atoms with van der Waals surface area (Å²) in [6.07, 6.45) is 8.52. The molecule has 5 heteroatoms. The molecule has 0 aromatic rings. The van der Waals surface area contributed by atoms with Crippen molar-refractivity contribution in [2.24, 2.45) is 0 Å². The van der Waals surface area contributed by atoms with Crippen LogP contribution in [-0.2, 0) is 14.9 Å². The number of allylic oxidation sites excluding steroid dienone is 2. The Morgan fingerprint density at radius 1 is 1.00 bits per heavy atom. The molecule has 0 bridgehead atoms. The smallest absolute Gasteiger partial charge is 0.293 e. The van der Waals surface area contributed by atoms with Crippen molar-refractivity contribution in [3.63, 3.8) is 0 Å². The Labute approximate surface area is 103 Å². The first-order valence-corrected chi connectivity index (χ1v) is 7.87. The van der Waals surface area contributed by atoms with E-state index in [-0.39, 0.29) is 11.0 Å². The summed E-state index contributed by atoms with van der Waals surface area (Å²) in [4.78, 5) is 0.120. The van der Waals surface area contributed by atoms with E-state index in [2.05, 4.69) is 0 Å². The van der Waals surface area contributed by atoms with Gasteiger partial charge in [-0.3, -0.25) is 4.55 Å². The average Bonchev–Trinajstić information content (AvgIpc) is 2.30. The lowest BCUT2D eigenvalue weighted by atomic mass is 9.97. The molecule has 17 heavy (non-hydrogen) atoms. The topological polar surface area (TPSA) is 63.6 Å². The molecular weight excluding hydrogens is 240 g/mol. The highest BCUT2D eigenvalue weighted by molar-refractivity contribution is 7.89. The van der Waals surface area contributed by atoms with Crippen LogP contribution in [-0.4, -0.2) is 19.1 Å². The Hall–Kier alpha value is -0.550. The van der Waals surface area contributed by atoms with Crippen LogP contribution in [0.3, 0.4) is 0 Å². The second kappa shape index (κ2) is 5.40. The molecule has 0 amide bonds. The molecule has 2 aliphatic rings. The first-order chi connectivity index (χ1) is 8.07. The van der Waals surface area contributed by atoms with Gasteiger partial charge in [-0.05, 0) is 44.9 Å². The third-order valence-electron chi connectivity index (χ3n) is 3.54. The van der Waals surface area contributed by atoms with Crippen molar-refractivity contribution in [2.45, 2.75) is 63.9 Å². The van der Waals surface area contributed by atoms with Crippen LogP contribution in [0.4, 0.5) is 0 Å². The second-order valence-electron chi connectivity index (χ2n) is 4.91. The van der Waals surface area contributed by atoms with Crippen molar-refractivity contribution in [3.8, 4) is 0 Å². The second-order valence-corrected chi connectivity index (χ2v) is 6.35. The fourth-order valence-electron chi connectivity index (χ4n) is 2.63. The van der Waals surface area contributed by atoms with Gasteiger partial charge in [-0.15, -0.1) is 0 Å².